The minimum absolute atomic E-state index is 0.0418. The molecule has 1 heterocycles. The minimum Gasteiger partial charge on any atom is -0.444 e. The lowest BCUT2D eigenvalue weighted by Gasteiger charge is -2.39. The first-order valence-corrected chi connectivity index (χ1v) is 10.3. The molecule has 8 heteroatoms. The summed E-state index contributed by atoms with van der Waals surface area (Å²) >= 11 is 6.03. The largest absolute Gasteiger partial charge is 0.444 e. The Morgan fingerprint density at radius 3 is 2.24 bits per heavy atom. The molecule has 0 aliphatic carbocycles. The van der Waals surface area contributed by atoms with Crippen LogP contribution in [0.25, 0.3) is 0 Å². The standard InChI is InChI=1S/C21H33ClN4O3/c1-21(2,3)29-20(28)26-14-12-25(13-15-26)18(16-6-8-17(22)9-7-16)19(27)23-10-11-24(4)5/h6-9,18H,10-15H2,1-5H3,(H,23,27). The Labute approximate surface area is 178 Å². The molecule has 2 rings (SSSR count). The number of ether oxygens (including phenoxy) is 1. The van der Waals surface area contributed by atoms with Crippen LogP contribution < -0.4 is 5.32 Å². The number of rotatable bonds is 6. The molecule has 1 aromatic rings. The van der Waals surface area contributed by atoms with Gasteiger partial charge in [-0.25, -0.2) is 4.79 Å². The highest BCUT2D eigenvalue weighted by molar-refractivity contribution is 6.30. The number of benzene rings is 1. The van der Waals surface area contributed by atoms with E-state index >= 15 is 0 Å². The lowest BCUT2D eigenvalue weighted by molar-refractivity contribution is -0.127. The normalized spacial score (nSPS) is 16.6. The van der Waals surface area contributed by atoms with Gasteiger partial charge in [-0.1, -0.05) is 23.7 Å². The fraction of sp³-hybridized carbons (Fsp3) is 0.619. The van der Waals surface area contributed by atoms with Crippen molar-refractivity contribution in [2.75, 3.05) is 53.4 Å². The van der Waals surface area contributed by atoms with Crippen LogP contribution in [-0.4, -0.2) is 85.7 Å². The number of hydrogen-bond acceptors (Lipinski definition) is 5. The molecule has 2 amide bonds. The van der Waals surface area contributed by atoms with Crippen molar-refractivity contribution < 1.29 is 14.3 Å². The van der Waals surface area contributed by atoms with Gasteiger partial charge in [0.2, 0.25) is 5.91 Å². The number of nitrogens with zero attached hydrogens (tertiary/aromatic N) is 3. The van der Waals surface area contributed by atoms with Crippen LogP contribution in [0.1, 0.15) is 32.4 Å². The van der Waals surface area contributed by atoms with Gasteiger partial charge in [-0.3, -0.25) is 9.69 Å². The predicted molar refractivity (Wildman–Crippen MR) is 115 cm³/mol. The molecule has 0 aromatic heterocycles. The molecule has 1 unspecified atom stereocenters. The number of carbonyl (C=O) groups is 2. The average molecular weight is 425 g/mol. The van der Waals surface area contributed by atoms with Crippen molar-refractivity contribution in [3.63, 3.8) is 0 Å². The molecule has 1 fully saturated rings. The van der Waals surface area contributed by atoms with Crippen molar-refractivity contribution >= 4 is 23.6 Å². The van der Waals surface area contributed by atoms with Crippen molar-refractivity contribution in [2.24, 2.45) is 0 Å². The van der Waals surface area contributed by atoms with Crippen LogP contribution in [0.4, 0.5) is 4.79 Å². The number of amides is 2. The molecule has 1 saturated heterocycles. The van der Waals surface area contributed by atoms with E-state index in [1.165, 1.54) is 0 Å². The Morgan fingerprint density at radius 1 is 1.14 bits per heavy atom. The second-order valence-electron chi connectivity index (χ2n) is 8.55. The molecule has 0 bridgehead atoms. The molecule has 7 nitrogen and oxygen atoms in total. The number of halogens is 1. The molecule has 1 aromatic carbocycles. The quantitative estimate of drug-likeness (QED) is 0.760. The van der Waals surface area contributed by atoms with Crippen molar-refractivity contribution in [3.8, 4) is 0 Å². The van der Waals surface area contributed by atoms with Crippen LogP contribution in [0, 0.1) is 0 Å². The van der Waals surface area contributed by atoms with Crippen LogP contribution >= 0.6 is 11.6 Å². The number of hydrogen-bond donors (Lipinski definition) is 1. The van der Waals surface area contributed by atoms with Crippen molar-refractivity contribution in [1.29, 1.82) is 0 Å². The first-order valence-electron chi connectivity index (χ1n) is 9.97. The van der Waals surface area contributed by atoms with Crippen LogP contribution in [0.15, 0.2) is 24.3 Å². The highest BCUT2D eigenvalue weighted by atomic mass is 35.5. The van der Waals surface area contributed by atoms with Crippen molar-refractivity contribution in [1.82, 2.24) is 20.0 Å². The summed E-state index contributed by atoms with van der Waals surface area (Å²) in [5.74, 6) is -0.0418. The maximum absolute atomic E-state index is 13.0. The summed E-state index contributed by atoms with van der Waals surface area (Å²) in [6, 6.07) is 6.95. The first-order chi connectivity index (χ1) is 13.6. The monoisotopic (exact) mass is 424 g/mol. The molecule has 1 aliphatic rings. The third-order valence-corrected chi connectivity index (χ3v) is 4.88. The maximum Gasteiger partial charge on any atom is 0.410 e. The Kier molecular flexibility index (Phi) is 8.31. The van der Waals surface area contributed by atoms with Gasteiger partial charge in [0.15, 0.2) is 0 Å². The topological polar surface area (TPSA) is 65.1 Å². The van der Waals surface area contributed by atoms with Crippen LogP contribution in [0.3, 0.4) is 0 Å². The smallest absolute Gasteiger partial charge is 0.410 e. The molecule has 29 heavy (non-hydrogen) atoms. The summed E-state index contributed by atoms with van der Waals surface area (Å²) in [5, 5.41) is 3.66. The average Bonchev–Trinajstić information content (AvgIpc) is 2.62. The highest BCUT2D eigenvalue weighted by Gasteiger charge is 2.32. The van der Waals surface area contributed by atoms with E-state index in [1.54, 1.807) is 17.0 Å². The summed E-state index contributed by atoms with van der Waals surface area (Å²) < 4.78 is 5.46. The molecule has 162 valence electrons. The van der Waals surface area contributed by atoms with Gasteiger partial charge in [0.25, 0.3) is 0 Å². The molecule has 1 aliphatic heterocycles. The third-order valence-electron chi connectivity index (χ3n) is 4.62. The van der Waals surface area contributed by atoms with E-state index in [-0.39, 0.29) is 12.0 Å². The van der Waals surface area contributed by atoms with E-state index in [0.717, 1.165) is 12.1 Å². The number of nitrogens with one attached hydrogen (secondary N) is 1. The number of carbonyl (C=O) groups excluding carboxylic acids is 2. The van der Waals surface area contributed by atoms with Crippen molar-refractivity contribution in [2.45, 2.75) is 32.4 Å². The Bertz CT molecular complexity index is 680. The number of likely N-dealkylation sites (N-methyl/N-ethyl adjacent to an activating group) is 1. The lowest BCUT2D eigenvalue weighted by atomic mass is 10.0. The van der Waals surface area contributed by atoms with Gasteiger partial charge in [0.1, 0.15) is 11.6 Å². The highest BCUT2D eigenvalue weighted by Crippen LogP contribution is 2.25. The van der Waals surface area contributed by atoms with Crippen LogP contribution in [0.5, 0.6) is 0 Å². The van der Waals surface area contributed by atoms with Gasteiger partial charge in [-0.2, -0.15) is 0 Å². The minimum atomic E-state index is -0.521. The molecule has 1 N–H and O–H groups in total. The Hall–Kier alpha value is -1.83. The SMILES string of the molecule is CN(C)CCNC(=O)C(c1ccc(Cl)cc1)N1CCN(C(=O)OC(C)(C)C)CC1. The maximum atomic E-state index is 13.0. The Morgan fingerprint density at radius 2 is 1.72 bits per heavy atom. The van der Waals surface area contributed by atoms with E-state index < -0.39 is 11.6 Å². The van der Waals surface area contributed by atoms with E-state index in [9.17, 15) is 9.59 Å². The predicted octanol–water partition coefficient (Wildman–Crippen LogP) is 2.61. The molecular weight excluding hydrogens is 392 g/mol. The van der Waals surface area contributed by atoms with Gasteiger partial charge >= 0.3 is 6.09 Å². The zero-order valence-corrected chi connectivity index (χ0v) is 18.8. The van der Waals surface area contributed by atoms with Gasteiger partial charge in [-0.15, -0.1) is 0 Å². The van der Waals surface area contributed by atoms with Gasteiger partial charge in [0.05, 0.1) is 0 Å². The molecule has 1 atom stereocenters. The fourth-order valence-electron chi connectivity index (χ4n) is 3.16. The molecule has 0 radical (unpaired) electrons. The van der Waals surface area contributed by atoms with Crippen LogP contribution in [0.2, 0.25) is 5.02 Å². The summed E-state index contributed by atoms with van der Waals surface area (Å²) in [6.45, 7) is 9.13. The first kappa shape index (κ1) is 23.4. The van der Waals surface area contributed by atoms with Crippen LogP contribution in [-0.2, 0) is 9.53 Å². The van der Waals surface area contributed by atoms with E-state index in [2.05, 4.69) is 10.2 Å². The van der Waals surface area contributed by atoms with Gasteiger partial charge in [-0.05, 0) is 52.6 Å². The van der Waals surface area contributed by atoms with E-state index in [1.807, 2.05) is 51.9 Å². The second-order valence-corrected chi connectivity index (χ2v) is 8.99. The van der Waals surface area contributed by atoms with E-state index in [0.29, 0.717) is 37.7 Å². The third kappa shape index (κ3) is 7.49. The summed E-state index contributed by atoms with van der Waals surface area (Å²) in [4.78, 5) is 31.2. The Balaban J connectivity index is 2.06. The molecule has 0 spiro atoms. The second kappa shape index (κ2) is 10.3. The summed E-state index contributed by atoms with van der Waals surface area (Å²) in [7, 11) is 3.94. The van der Waals surface area contributed by atoms with Gasteiger partial charge in [0, 0.05) is 44.3 Å². The molecular formula is C21H33ClN4O3. The summed E-state index contributed by atoms with van der Waals surface area (Å²) in [5.41, 5.74) is 0.370. The lowest BCUT2D eigenvalue weighted by Crippen LogP contribution is -2.53. The zero-order valence-electron chi connectivity index (χ0n) is 18.1. The molecule has 0 saturated carbocycles. The van der Waals surface area contributed by atoms with Crippen molar-refractivity contribution in [3.05, 3.63) is 34.9 Å². The fourth-order valence-corrected chi connectivity index (χ4v) is 3.29. The van der Waals surface area contributed by atoms with E-state index in [4.69, 9.17) is 16.3 Å². The van der Waals surface area contributed by atoms with Gasteiger partial charge < -0.3 is 19.9 Å². The number of piperazine rings is 1. The zero-order chi connectivity index (χ0) is 21.6. The summed E-state index contributed by atoms with van der Waals surface area (Å²) in [6.07, 6.45) is -0.310.